The van der Waals surface area contributed by atoms with E-state index in [1.165, 1.54) is 11.3 Å². The maximum absolute atomic E-state index is 11.8. The maximum atomic E-state index is 11.8. The third-order valence-corrected chi connectivity index (χ3v) is 4.17. The molecule has 0 radical (unpaired) electrons. The van der Waals surface area contributed by atoms with Crippen LogP contribution in [0.4, 0.5) is 0 Å². The number of nitrogens with one attached hydrogen (secondary N) is 1. The first-order valence-corrected chi connectivity index (χ1v) is 8.34. The summed E-state index contributed by atoms with van der Waals surface area (Å²) in [5.41, 5.74) is 0. The van der Waals surface area contributed by atoms with Gasteiger partial charge in [-0.15, -0.1) is 11.3 Å². The first-order valence-electron chi connectivity index (χ1n) is 7.46. The summed E-state index contributed by atoms with van der Waals surface area (Å²) in [6.07, 6.45) is 1.82. The van der Waals surface area contributed by atoms with Gasteiger partial charge in [0.05, 0.1) is 10.8 Å². The van der Waals surface area contributed by atoms with Crippen LogP contribution < -0.4 is 5.32 Å². The Balaban J connectivity index is 1.77. The van der Waals surface area contributed by atoms with E-state index in [4.69, 9.17) is 9.63 Å². The SMILES string of the molecule is CCCC(CNC(=O)CCc1nc(-c2cccs2)no1)C(=O)O. The first-order chi connectivity index (χ1) is 11.1. The Kier molecular flexibility index (Phi) is 6.28. The molecule has 2 rings (SSSR count). The minimum Gasteiger partial charge on any atom is -0.481 e. The molecule has 2 heterocycles. The summed E-state index contributed by atoms with van der Waals surface area (Å²) in [5.74, 6) is -0.734. The predicted molar refractivity (Wildman–Crippen MR) is 85.0 cm³/mol. The van der Waals surface area contributed by atoms with E-state index in [0.717, 1.165) is 11.3 Å². The third kappa shape index (κ3) is 5.17. The zero-order valence-electron chi connectivity index (χ0n) is 12.8. The number of aliphatic carboxylic acids is 1. The number of aryl methyl sites for hydroxylation is 1. The van der Waals surface area contributed by atoms with E-state index in [9.17, 15) is 9.59 Å². The van der Waals surface area contributed by atoms with Crippen LogP contribution in [0.3, 0.4) is 0 Å². The molecule has 1 unspecified atom stereocenters. The Morgan fingerprint density at radius 1 is 1.48 bits per heavy atom. The summed E-state index contributed by atoms with van der Waals surface area (Å²) in [4.78, 5) is 28.0. The summed E-state index contributed by atoms with van der Waals surface area (Å²) in [6, 6.07) is 3.80. The maximum Gasteiger partial charge on any atom is 0.308 e. The number of aromatic nitrogens is 2. The number of amides is 1. The van der Waals surface area contributed by atoms with Crippen LogP contribution in [-0.4, -0.2) is 33.7 Å². The molecular weight excluding hydrogens is 318 g/mol. The number of carbonyl (C=O) groups is 2. The van der Waals surface area contributed by atoms with Crippen LogP contribution in [0, 0.1) is 5.92 Å². The van der Waals surface area contributed by atoms with Gasteiger partial charge >= 0.3 is 5.97 Å². The number of carboxylic acid groups (broad SMARTS) is 1. The van der Waals surface area contributed by atoms with Gasteiger partial charge < -0.3 is 14.9 Å². The topological polar surface area (TPSA) is 105 Å². The van der Waals surface area contributed by atoms with Crippen molar-refractivity contribution in [3.8, 4) is 10.7 Å². The Bertz CT molecular complexity index is 639. The van der Waals surface area contributed by atoms with Crippen LogP contribution in [0.15, 0.2) is 22.0 Å². The fraction of sp³-hybridized carbons (Fsp3) is 0.467. The molecule has 0 aromatic carbocycles. The highest BCUT2D eigenvalue weighted by molar-refractivity contribution is 7.13. The second kappa shape index (κ2) is 8.42. The summed E-state index contributed by atoms with van der Waals surface area (Å²) in [6.45, 7) is 2.06. The van der Waals surface area contributed by atoms with Crippen molar-refractivity contribution in [3.63, 3.8) is 0 Å². The molecule has 2 aromatic heterocycles. The molecule has 0 fully saturated rings. The van der Waals surface area contributed by atoms with E-state index >= 15 is 0 Å². The van der Waals surface area contributed by atoms with Crippen LogP contribution in [0.25, 0.3) is 10.7 Å². The molecule has 8 heteroatoms. The van der Waals surface area contributed by atoms with E-state index < -0.39 is 11.9 Å². The normalized spacial score (nSPS) is 12.0. The average Bonchev–Trinajstić information content (AvgIpc) is 3.19. The van der Waals surface area contributed by atoms with Crippen molar-refractivity contribution in [1.82, 2.24) is 15.5 Å². The monoisotopic (exact) mass is 337 g/mol. The minimum absolute atomic E-state index is 0.145. The molecule has 0 aliphatic heterocycles. The molecule has 7 nitrogen and oxygen atoms in total. The van der Waals surface area contributed by atoms with Gasteiger partial charge in [-0.2, -0.15) is 4.98 Å². The molecule has 0 bridgehead atoms. The zero-order valence-corrected chi connectivity index (χ0v) is 13.6. The quantitative estimate of drug-likeness (QED) is 0.727. The fourth-order valence-corrected chi connectivity index (χ4v) is 2.72. The number of carboxylic acids is 1. The van der Waals surface area contributed by atoms with Crippen LogP contribution in [0.1, 0.15) is 32.1 Å². The lowest BCUT2D eigenvalue weighted by atomic mass is 10.0. The lowest BCUT2D eigenvalue weighted by molar-refractivity contribution is -0.141. The molecule has 0 saturated carbocycles. The van der Waals surface area contributed by atoms with E-state index in [1.807, 2.05) is 24.4 Å². The van der Waals surface area contributed by atoms with Gasteiger partial charge in [-0.25, -0.2) is 0 Å². The van der Waals surface area contributed by atoms with Crippen LogP contribution in [0.5, 0.6) is 0 Å². The van der Waals surface area contributed by atoms with Crippen molar-refractivity contribution in [3.05, 3.63) is 23.4 Å². The average molecular weight is 337 g/mol. The molecular formula is C15H19N3O4S. The highest BCUT2D eigenvalue weighted by Gasteiger charge is 2.17. The minimum atomic E-state index is -0.885. The van der Waals surface area contributed by atoms with Gasteiger partial charge in [0, 0.05) is 19.4 Å². The molecule has 124 valence electrons. The molecule has 0 aliphatic rings. The van der Waals surface area contributed by atoms with Gasteiger partial charge in [-0.1, -0.05) is 24.6 Å². The number of hydrogen-bond acceptors (Lipinski definition) is 6. The number of nitrogens with zero attached hydrogens (tertiary/aromatic N) is 2. The molecule has 1 amide bonds. The van der Waals surface area contributed by atoms with E-state index in [1.54, 1.807) is 0 Å². The third-order valence-electron chi connectivity index (χ3n) is 3.31. The standard InChI is InChI=1S/C15H19N3O4S/c1-2-4-10(15(20)21)9-16-12(19)6-7-13-17-14(18-22-13)11-5-3-8-23-11/h3,5,8,10H,2,4,6-7,9H2,1H3,(H,16,19)(H,20,21). The molecule has 0 aliphatic carbocycles. The lowest BCUT2D eigenvalue weighted by Crippen LogP contribution is -2.33. The summed E-state index contributed by atoms with van der Waals surface area (Å²) >= 11 is 1.51. The lowest BCUT2D eigenvalue weighted by Gasteiger charge is -2.11. The number of rotatable bonds is 9. The highest BCUT2D eigenvalue weighted by atomic mass is 32.1. The molecule has 2 aromatic rings. The Morgan fingerprint density at radius 2 is 2.30 bits per heavy atom. The van der Waals surface area contributed by atoms with Gasteiger partial charge in [0.2, 0.25) is 17.6 Å². The smallest absolute Gasteiger partial charge is 0.308 e. The van der Waals surface area contributed by atoms with Crippen molar-refractivity contribution in [2.45, 2.75) is 32.6 Å². The van der Waals surface area contributed by atoms with E-state index in [2.05, 4.69) is 15.5 Å². The Morgan fingerprint density at radius 3 is 2.96 bits per heavy atom. The van der Waals surface area contributed by atoms with Crippen molar-refractivity contribution in [1.29, 1.82) is 0 Å². The first kappa shape index (κ1) is 17.1. The van der Waals surface area contributed by atoms with Gasteiger partial charge in [-0.3, -0.25) is 9.59 Å². The van der Waals surface area contributed by atoms with Crippen molar-refractivity contribution in [2.24, 2.45) is 5.92 Å². The summed E-state index contributed by atoms with van der Waals surface area (Å²) < 4.78 is 5.11. The van der Waals surface area contributed by atoms with Gasteiger partial charge in [0.1, 0.15) is 0 Å². The zero-order chi connectivity index (χ0) is 16.7. The molecule has 0 spiro atoms. The Labute approximate surface area is 137 Å². The van der Waals surface area contributed by atoms with Gasteiger partial charge in [0.15, 0.2) is 0 Å². The van der Waals surface area contributed by atoms with E-state index in [0.29, 0.717) is 24.6 Å². The van der Waals surface area contributed by atoms with E-state index in [-0.39, 0.29) is 18.9 Å². The highest BCUT2D eigenvalue weighted by Crippen LogP contribution is 2.21. The van der Waals surface area contributed by atoms with Crippen molar-refractivity contribution >= 4 is 23.2 Å². The number of hydrogen-bond donors (Lipinski definition) is 2. The van der Waals surface area contributed by atoms with Crippen LogP contribution in [0.2, 0.25) is 0 Å². The molecule has 0 saturated heterocycles. The predicted octanol–water partition coefficient (Wildman–Crippen LogP) is 2.35. The van der Waals surface area contributed by atoms with Crippen molar-refractivity contribution in [2.75, 3.05) is 6.54 Å². The van der Waals surface area contributed by atoms with Crippen LogP contribution in [-0.2, 0) is 16.0 Å². The van der Waals surface area contributed by atoms with Crippen LogP contribution >= 0.6 is 11.3 Å². The molecule has 23 heavy (non-hydrogen) atoms. The summed E-state index contributed by atoms with van der Waals surface area (Å²) in [5, 5.41) is 17.5. The largest absolute Gasteiger partial charge is 0.481 e. The second-order valence-electron chi connectivity index (χ2n) is 5.12. The summed E-state index contributed by atoms with van der Waals surface area (Å²) in [7, 11) is 0. The van der Waals surface area contributed by atoms with Gasteiger partial charge in [0.25, 0.3) is 0 Å². The second-order valence-corrected chi connectivity index (χ2v) is 6.06. The molecule has 1 atom stereocenters. The number of carbonyl (C=O) groups excluding carboxylic acids is 1. The Hall–Kier alpha value is -2.22. The molecule has 2 N–H and O–H groups in total. The number of thiophene rings is 1. The van der Waals surface area contributed by atoms with Crippen molar-refractivity contribution < 1.29 is 19.2 Å². The fourth-order valence-electron chi connectivity index (χ4n) is 2.07. The van der Waals surface area contributed by atoms with Gasteiger partial charge in [-0.05, 0) is 17.9 Å².